The number of nitrogens with one attached hydrogen (secondary N) is 1. The van der Waals surface area contributed by atoms with E-state index in [0.29, 0.717) is 19.1 Å². The van der Waals surface area contributed by atoms with Crippen LogP contribution >= 0.6 is 0 Å². The minimum absolute atomic E-state index is 0.251. The highest BCUT2D eigenvalue weighted by atomic mass is 16.5. The summed E-state index contributed by atoms with van der Waals surface area (Å²) in [6, 6.07) is -0.575. The van der Waals surface area contributed by atoms with E-state index in [1.807, 2.05) is 6.92 Å². The Labute approximate surface area is 92.0 Å². The van der Waals surface area contributed by atoms with Gasteiger partial charge in [0.25, 0.3) is 0 Å². The fraction of sp³-hybridized carbons (Fsp3) is 0.909. The number of likely N-dealkylation sites (N-methyl/N-ethyl adjacent to an activating group) is 1. The SMILES string of the molecule is CCNC(COCCCC(C)C)C(=O)O. The molecule has 0 aliphatic rings. The summed E-state index contributed by atoms with van der Waals surface area (Å²) in [4.78, 5) is 10.7. The van der Waals surface area contributed by atoms with Gasteiger partial charge in [0.1, 0.15) is 6.04 Å². The van der Waals surface area contributed by atoms with Gasteiger partial charge in [0.2, 0.25) is 0 Å². The second-order valence-electron chi connectivity index (χ2n) is 4.06. The molecule has 0 saturated carbocycles. The number of carboxylic acids is 1. The lowest BCUT2D eigenvalue weighted by molar-refractivity contribution is -0.141. The van der Waals surface area contributed by atoms with Gasteiger partial charge in [-0.1, -0.05) is 20.8 Å². The molecule has 1 atom stereocenters. The Morgan fingerprint density at radius 1 is 1.47 bits per heavy atom. The summed E-state index contributed by atoms with van der Waals surface area (Å²) < 4.78 is 5.32. The van der Waals surface area contributed by atoms with E-state index in [-0.39, 0.29) is 6.61 Å². The van der Waals surface area contributed by atoms with Crippen LogP contribution in [0.3, 0.4) is 0 Å². The Morgan fingerprint density at radius 2 is 2.13 bits per heavy atom. The molecule has 15 heavy (non-hydrogen) atoms. The van der Waals surface area contributed by atoms with Crippen molar-refractivity contribution in [3.05, 3.63) is 0 Å². The van der Waals surface area contributed by atoms with Crippen LogP contribution in [0.4, 0.5) is 0 Å². The normalized spacial score (nSPS) is 13.1. The summed E-state index contributed by atoms with van der Waals surface area (Å²) in [7, 11) is 0. The minimum Gasteiger partial charge on any atom is -0.480 e. The summed E-state index contributed by atoms with van der Waals surface area (Å²) in [5.74, 6) is -0.168. The molecule has 90 valence electrons. The molecule has 0 radical (unpaired) electrons. The van der Waals surface area contributed by atoms with Crippen LogP contribution in [-0.4, -0.2) is 36.9 Å². The van der Waals surface area contributed by atoms with Crippen molar-refractivity contribution in [1.29, 1.82) is 0 Å². The molecule has 1 unspecified atom stereocenters. The molecule has 0 spiro atoms. The molecule has 0 aliphatic carbocycles. The van der Waals surface area contributed by atoms with Gasteiger partial charge in [-0.05, 0) is 25.3 Å². The van der Waals surface area contributed by atoms with E-state index in [0.717, 1.165) is 12.8 Å². The van der Waals surface area contributed by atoms with Crippen LogP contribution in [0, 0.1) is 5.92 Å². The van der Waals surface area contributed by atoms with Crippen LogP contribution < -0.4 is 5.32 Å². The summed E-state index contributed by atoms with van der Waals surface area (Å²) in [6.07, 6.45) is 2.12. The third-order valence-electron chi connectivity index (χ3n) is 2.10. The molecular formula is C11H23NO3. The van der Waals surface area contributed by atoms with Crippen molar-refractivity contribution in [2.24, 2.45) is 5.92 Å². The minimum atomic E-state index is -0.847. The Hall–Kier alpha value is -0.610. The molecular weight excluding hydrogens is 194 g/mol. The van der Waals surface area contributed by atoms with Crippen LogP contribution in [0.25, 0.3) is 0 Å². The van der Waals surface area contributed by atoms with E-state index >= 15 is 0 Å². The largest absolute Gasteiger partial charge is 0.480 e. The van der Waals surface area contributed by atoms with Crippen molar-refractivity contribution in [2.45, 2.75) is 39.7 Å². The monoisotopic (exact) mass is 217 g/mol. The van der Waals surface area contributed by atoms with E-state index in [2.05, 4.69) is 19.2 Å². The molecule has 0 aromatic heterocycles. The summed E-state index contributed by atoms with van der Waals surface area (Å²) in [5.41, 5.74) is 0. The van der Waals surface area contributed by atoms with Gasteiger partial charge in [-0.3, -0.25) is 4.79 Å². The van der Waals surface area contributed by atoms with Gasteiger partial charge < -0.3 is 15.2 Å². The highest BCUT2D eigenvalue weighted by molar-refractivity contribution is 5.73. The van der Waals surface area contributed by atoms with E-state index < -0.39 is 12.0 Å². The number of carboxylic acid groups (broad SMARTS) is 1. The Morgan fingerprint density at radius 3 is 2.60 bits per heavy atom. The van der Waals surface area contributed by atoms with Crippen LogP contribution in [0.1, 0.15) is 33.6 Å². The maximum absolute atomic E-state index is 10.7. The second kappa shape index (κ2) is 8.68. The molecule has 0 saturated heterocycles. The van der Waals surface area contributed by atoms with Gasteiger partial charge >= 0.3 is 5.97 Å². The maximum Gasteiger partial charge on any atom is 0.323 e. The number of hydrogen-bond donors (Lipinski definition) is 2. The van der Waals surface area contributed by atoms with Crippen molar-refractivity contribution in [3.63, 3.8) is 0 Å². The van der Waals surface area contributed by atoms with Gasteiger partial charge in [0, 0.05) is 6.61 Å². The molecule has 0 heterocycles. The van der Waals surface area contributed by atoms with Crippen LogP contribution in [-0.2, 0) is 9.53 Å². The van der Waals surface area contributed by atoms with Gasteiger partial charge in [0.05, 0.1) is 6.61 Å². The number of ether oxygens (including phenoxy) is 1. The molecule has 2 N–H and O–H groups in total. The highest BCUT2D eigenvalue weighted by Crippen LogP contribution is 2.03. The predicted octanol–water partition coefficient (Wildman–Crippen LogP) is 1.50. The van der Waals surface area contributed by atoms with Crippen LogP contribution in [0.2, 0.25) is 0 Å². The zero-order valence-corrected chi connectivity index (χ0v) is 9.95. The first-order valence-electron chi connectivity index (χ1n) is 5.61. The fourth-order valence-electron chi connectivity index (χ4n) is 1.26. The molecule has 0 amide bonds. The first kappa shape index (κ1) is 14.4. The first-order chi connectivity index (χ1) is 7.07. The van der Waals surface area contributed by atoms with E-state index in [1.54, 1.807) is 0 Å². The van der Waals surface area contributed by atoms with Gasteiger partial charge in [-0.2, -0.15) is 0 Å². The van der Waals surface area contributed by atoms with Crippen molar-refractivity contribution in [2.75, 3.05) is 19.8 Å². The lowest BCUT2D eigenvalue weighted by Gasteiger charge is -2.13. The maximum atomic E-state index is 10.7. The first-order valence-corrected chi connectivity index (χ1v) is 5.61. The zero-order valence-electron chi connectivity index (χ0n) is 9.95. The number of aliphatic carboxylic acids is 1. The topological polar surface area (TPSA) is 58.6 Å². The predicted molar refractivity (Wildman–Crippen MR) is 60.0 cm³/mol. The average molecular weight is 217 g/mol. The summed E-state index contributed by atoms with van der Waals surface area (Å²) in [5, 5.41) is 11.7. The van der Waals surface area contributed by atoms with Crippen molar-refractivity contribution in [3.8, 4) is 0 Å². The number of carbonyl (C=O) groups is 1. The summed E-state index contributed by atoms with van der Waals surface area (Å²) in [6.45, 7) is 7.76. The van der Waals surface area contributed by atoms with Gasteiger partial charge in [0.15, 0.2) is 0 Å². The Kier molecular flexibility index (Phi) is 8.33. The van der Waals surface area contributed by atoms with Crippen molar-refractivity contribution in [1.82, 2.24) is 5.32 Å². The van der Waals surface area contributed by atoms with Crippen LogP contribution in [0.5, 0.6) is 0 Å². The molecule has 0 aromatic carbocycles. The number of rotatable bonds is 9. The molecule has 0 rings (SSSR count). The quantitative estimate of drug-likeness (QED) is 0.575. The van der Waals surface area contributed by atoms with Crippen molar-refractivity contribution >= 4 is 5.97 Å². The number of hydrogen-bond acceptors (Lipinski definition) is 3. The molecule has 0 fully saturated rings. The van der Waals surface area contributed by atoms with E-state index in [4.69, 9.17) is 9.84 Å². The standard InChI is InChI=1S/C11H23NO3/c1-4-12-10(11(13)14)8-15-7-5-6-9(2)3/h9-10,12H,4-8H2,1-3H3,(H,13,14). The van der Waals surface area contributed by atoms with E-state index in [9.17, 15) is 4.79 Å². The molecule has 0 aliphatic heterocycles. The molecule has 4 nitrogen and oxygen atoms in total. The third-order valence-corrected chi connectivity index (χ3v) is 2.10. The van der Waals surface area contributed by atoms with Crippen LogP contribution in [0.15, 0.2) is 0 Å². The molecule has 4 heteroatoms. The highest BCUT2D eigenvalue weighted by Gasteiger charge is 2.15. The lowest BCUT2D eigenvalue weighted by Crippen LogP contribution is -2.40. The fourth-order valence-corrected chi connectivity index (χ4v) is 1.26. The Balaban J connectivity index is 3.49. The lowest BCUT2D eigenvalue weighted by atomic mass is 10.1. The molecule has 0 aromatic rings. The van der Waals surface area contributed by atoms with Crippen molar-refractivity contribution < 1.29 is 14.6 Å². The average Bonchev–Trinajstić information content (AvgIpc) is 2.15. The third kappa shape index (κ3) is 8.39. The van der Waals surface area contributed by atoms with Gasteiger partial charge in [-0.15, -0.1) is 0 Å². The van der Waals surface area contributed by atoms with E-state index in [1.165, 1.54) is 0 Å². The summed E-state index contributed by atoms with van der Waals surface area (Å²) >= 11 is 0. The smallest absolute Gasteiger partial charge is 0.323 e. The Bertz CT molecular complexity index is 171. The zero-order chi connectivity index (χ0) is 11.7. The molecule has 0 bridgehead atoms. The second-order valence-corrected chi connectivity index (χ2v) is 4.06. The van der Waals surface area contributed by atoms with Gasteiger partial charge in [-0.25, -0.2) is 0 Å².